The van der Waals surface area contributed by atoms with E-state index in [2.05, 4.69) is 25.9 Å². The molecular weight excluding hydrogens is 280 g/mol. The molecule has 2 N–H and O–H groups in total. The highest BCUT2D eigenvalue weighted by Crippen LogP contribution is 2.24. The van der Waals surface area contributed by atoms with Crippen molar-refractivity contribution in [1.29, 1.82) is 0 Å². The number of hydrogen-bond donors (Lipinski definition) is 1. The van der Waals surface area contributed by atoms with Gasteiger partial charge in [-0.1, -0.05) is 22.0 Å². The Labute approximate surface area is 109 Å². The van der Waals surface area contributed by atoms with Crippen molar-refractivity contribution in [3.63, 3.8) is 0 Å². The van der Waals surface area contributed by atoms with Gasteiger partial charge < -0.3 is 10.6 Å². The van der Waals surface area contributed by atoms with E-state index in [1.165, 1.54) is 0 Å². The number of nitrogens with zero attached hydrogens (tertiary/aromatic N) is 3. The molecular formula is C12H13BrN4. The first-order chi connectivity index (χ1) is 8.20. The summed E-state index contributed by atoms with van der Waals surface area (Å²) in [6, 6.07) is 9.89. The quantitative estimate of drug-likeness (QED) is 0.944. The van der Waals surface area contributed by atoms with E-state index in [-0.39, 0.29) is 0 Å². The minimum absolute atomic E-state index is 0.347. The summed E-state index contributed by atoms with van der Waals surface area (Å²) in [7, 11) is 1.96. The summed E-state index contributed by atoms with van der Waals surface area (Å²) in [5, 5.41) is 0. The van der Waals surface area contributed by atoms with E-state index in [1.54, 1.807) is 6.20 Å². The van der Waals surface area contributed by atoms with Crippen molar-refractivity contribution in [3.8, 4) is 0 Å². The summed E-state index contributed by atoms with van der Waals surface area (Å²) < 4.78 is 1.04. The van der Waals surface area contributed by atoms with Gasteiger partial charge in [-0.25, -0.2) is 9.97 Å². The highest BCUT2D eigenvalue weighted by Gasteiger charge is 2.06. The third kappa shape index (κ3) is 2.81. The molecule has 17 heavy (non-hydrogen) atoms. The van der Waals surface area contributed by atoms with Gasteiger partial charge in [-0.15, -0.1) is 0 Å². The van der Waals surface area contributed by atoms with Crippen molar-refractivity contribution < 1.29 is 0 Å². The fraction of sp³-hybridized carbons (Fsp3) is 0.167. The van der Waals surface area contributed by atoms with Gasteiger partial charge in [0.25, 0.3) is 0 Å². The Morgan fingerprint density at radius 1 is 1.35 bits per heavy atom. The molecule has 0 amide bonds. The Kier molecular flexibility index (Phi) is 3.71. The first kappa shape index (κ1) is 12.0. The summed E-state index contributed by atoms with van der Waals surface area (Å²) in [6.07, 6.45) is 1.72. The van der Waals surface area contributed by atoms with Gasteiger partial charge in [0, 0.05) is 23.4 Å². The Bertz CT molecular complexity index is 515. The minimum atomic E-state index is 0.347. The lowest BCUT2D eigenvalue weighted by Gasteiger charge is -2.18. The van der Waals surface area contributed by atoms with Crippen LogP contribution in [0.3, 0.4) is 0 Å². The predicted molar refractivity (Wildman–Crippen MR) is 72.1 cm³/mol. The molecule has 0 saturated carbocycles. The average Bonchev–Trinajstić information content (AvgIpc) is 2.38. The number of hydrogen-bond acceptors (Lipinski definition) is 4. The molecule has 2 aromatic rings. The van der Waals surface area contributed by atoms with Crippen molar-refractivity contribution in [1.82, 2.24) is 9.97 Å². The predicted octanol–water partition coefficient (Wildman–Crippen LogP) is 2.47. The molecule has 0 bridgehead atoms. The van der Waals surface area contributed by atoms with E-state index in [0.29, 0.717) is 12.4 Å². The lowest BCUT2D eigenvalue weighted by atomic mass is 10.3. The molecule has 1 aromatic heterocycles. The second kappa shape index (κ2) is 5.25. The van der Waals surface area contributed by atoms with E-state index in [4.69, 9.17) is 5.73 Å². The molecule has 0 saturated heterocycles. The molecule has 4 nitrogen and oxygen atoms in total. The first-order valence-electron chi connectivity index (χ1n) is 5.22. The summed E-state index contributed by atoms with van der Waals surface area (Å²) in [5.74, 6) is 1.47. The fourth-order valence-electron chi connectivity index (χ4n) is 1.49. The number of benzene rings is 1. The van der Waals surface area contributed by atoms with Gasteiger partial charge in [-0.2, -0.15) is 0 Å². The molecule has 0 aliphatic heterocycles. The molecule has 88 valence electrons. The van der Waals surface area contributed by atoms with Gasteiger partial charge in [-0.3, -0.25) is 0 Å². The zero-order chi connectivity index (χ0) is 12.3. The molecule has 0 atom stereocenters. The van der Waals surface area contributed by atoms with Crippen LogP contribution >= 0.6 is 15.9 Å². The summed E-state index contributed by atoms with van der Waals surface area (Å²) in [5.41, 5.74) is 6.59. The lowest BCUT2D eigenvalue weighted by molar-refractivity contribution is 0.899. The summed E-state index contributed by atoms with van der Waals surface area (Å²) >= 11 is 3.45. The number of anilines is 2. The van der Waals surface area contributed by atoms with Crippen LogP contribution in [0.4, 0.5) is 11.5 Å². The van der Waals surface area contributed by atoms with E-state index < -0.39 is 0 Å². The van der Waals surface area contributed by atoms with Crippen molar-refractivity contribution in [2.75, 3.05) is 11.9 Å². The summed E-state index contributed by atoms with van der Waals surface area (Å²) in [6.45, 7) is 0.347. The topological polar surface area (TPSA) is 55.0 Å². The van der Waals surface area contributed by atoms with Crippen LogP contribution in [0.2, 0.25) is 0 Å². The van der Waals surface area contributed by atoms with Crippen LogP contribution in [0.25, 0.3) is 0 Å². The molecule has 1 aromatic carbocycles. The lowest BCUT2D eigenvalue weighted by Crippen LogP contribution is -2.13. The molecule has 0 aliphatic carbocycles. The van der Waals surface area contributed by atoms with E-state index in [0.717, 1.165) is 16.0 Å². The maximum absolute atomic E-state index is 5.53. The zero-order valence-electron chi connectivity index (χ0n) is 9.47. The standard InChI is InChI=1S/C12H13BrN4/c1-17(10-4-2-3-9(13)7-10)12-5-6-15-11(8-14)16-12/h2-7H,8,14H2,1H3. The SMILES string of the molecule is CN(c1cccc(Br)c1)c1ccnc(CN)n1. The van der Waals surface area contributed by atoms with Gasteiger partial charge in [0.05, 0.1) is 6.54 Å². The normalized spacial score (nSPS) is 10.3. The van der Waals surface area contributed by atoms with Gasteiger partial charge >= 0.3 is 0 Å². The Morgan fingerprint density at radius 2 is 2.18 bits per heavy atom. The Balaban J connectivity index is 2.33. The minimum Gasteiger partial charge on any atom is -0.329 e. The Morgan fingerprint density at radius 3 is 2.88 bits per heavy atom. The molecule has 5 heteroatoms. The third-order valence-corrected chi connectivity index (χ3v) is 2.91. The molecule has 0 fully saturated rings. The van der Waals surface area contributed by atoms with E-state index in [1.807, 2.05) is 42.3 Å². The monoisotopic (exact) mass is 292 g/mol. The van der Waals surface area contributed by atoms with Crippen LogP contribution < -0.4 is 10.6 Å². The maximum Gasteiger partial charge on any atom is 0.144 e. The smallest absolute Gasteiger partial charge is 0.144 e. The molecule has 1 heterocycles. The van der Waals surface area contributed by atoms with Gasteiger partial charge in [0.1, 0.15) is 11.6 Å². The van der Waals surface area contributed by atoms with Crippen molar-refractivity contribution in [2.45, 2.75) is 6.54 Å². The number of nitrogens with two attached hydrogens (primary N) is 1. The zero-order valence-corrected chi connectivity index (χ0v) is 11.1. The maximum atomic E-state index is 5.53. The number of aromatic nitrogens is 2. The van der Waals surface area contributed by atoms with Crippen LogP contribution in [0.1, 0.15) is 5.82 Å². The molecule has 0 aliphatic rings. The Hall–Kier alpha value is -1.46. The van der Waals surface area contributed by atoms with Gasteiger partial charge in [-0.05, 0) is 24.3 Å². The van der Waals surface area contributed by atoms with Crippen LogP contribution in [-0.2, 0) is 6.54 Å². The van der Waals surface area contributed by atoms with E-state index >= 15 is 0 Å². The van der Waals surface area contributed by atoms with Gasteiger partial charge in [0.15, 0.2) is 0 Å². The summed E-state index contributed by atoms with van der Waals surface area (Å²) in [4.78, 5) is 10.4. The number of halogens is 1. The van der Waals surface area contributed by atoms with Crippen molar-refractivity contribution in [2.24, 2.45) is 5.73 Å². The molecule has 0 radical (unpaired) electrons. The highest BCUT2D eigenvalue weighted by atomic mass is 79.9. The largest absolute Gasteiger partial charge is 0.329 e. The van der Waals surface area contributed by atoms with Crippen LogP contribution in [0.5, 0.6) is 0 Å². The third-order valence-electron chi connectivity index (χ3n) is 2.41. The second-order valence-electron chi connectivity index (χ2n) is 3.57. The molecule has 2 rings (SSSR count). The first-order valence-corrected chi connectivity index (χ1v) is 6.01. The molecule has 0 spiro atoms. The van der Waals surface area contributed by atoms with Crippen LogP contribution in [-0.4, -0.2) is 17.0 Å². The van der Waals surface area contributed by atoms with E-state index in [9.17, 15) is 0 Å². The van der Waals surface area contributed by atoms with Crippen LogP contribution in [0.15, 0.2) is 41.0 Å². The molecule has 0 unspecified atom stereocenters. The van der Waals surface area contributed by atoms with Crippen LogP contribution in [0, 0.1) is 0 Å². The average molecular weight is 293 g/mol. The van der Waals surface area contributed by atoms with Gasteiger partial charge in [0.2, 0.25) is 0 Å². The fourth-order valence-corrected chi connectivity index (χ4v) is 1.88. The second-order valence-corrected chi connectivity index (χ2v) is 4.49. The van der Waals surface area contributed by atoms with Crippen molar-refractivity contribution in [3.05, 3.63) is 46.8 Å². The van der Waals surface area contributed by atoms with Crippen molar-refractivity contribution >= 4 is 27.4 Å². The number of rotatable bonds is 3. The highest BCUT2D eigenvalue weighted by molar-refractivity contribution is 9.10.